The number of aliphatic hydroxyl groups is 2. The molecule has 0 spiro atoms. The third-order valence-electron chi connectivity index (χ3n) is 10.5. The molecule has 0 aromatic carbocycles. The van der Waals surface area contributed by atoms with Gasteiger partial charge >= 0.3 is 0 Å². The van der Waals surface area contributed by atoms with Crippen molar-refractivity contribution in [3.05, 3.63) is 11.8 Å². The monoisotopic (exact) mass is 787 g/mol. The van der Waals surface area contributed by atoms with E-state index in [0.717, 1.165) is 0 Å². The second-order valence-corrected chi connectivity index (χ2v) is 15.5. The van der Waals surface area contributed by atoms with E-state index in [1.54, 1.807) is 40.0 Å². The van der Waals surface area contributed by atoms with Gasteiger partial charge in [0.05, 0.1) is 12.7 Å². The molecule has 4 heterocycles. The molecule has 9 atom stereocenters. The maximum absolute atomic E-state index is 14.1. The number of nitrogens with one attached hydrogen (secondary N) is 6. The lowest BCUT2D eigenvalue weighted by atomic mass is 10.0. The van der Waals surface area contributed by atoms with E-state index in [4.69, 9.17) is 0 Å². The van der Waals surface area contributed by atoms with Gasteiger partial charge in [-0.3, -0.25) is 43.3 Å². The molecule has 0 aromatic rings. The molecule has 310 valence electrons. The van der Waals surface area contributed by atoms with Crippen LogP contribution in [0.5, 0.6) is 0 Å². The van der Waals surface area contributed by atoms with Gasteiger partial charge in [-0.15, -0.1) is 0 Å². The van der Waals surface area contributed by atoms with Crippen LogP contribution in [0, 0.1) is 11.8 Å². The first-order chi connectivity index (χ1) is 26.4. The number of allylic oxidation sites excluding steroid dienone is 1. The van der Waals surface area contributed by atoms with Gasteiger partial charge in [-0.2, -0.15) is 0 Å². The fourth-order valence-electron chi connectivity index (χ4n) is 7.26. The van der Waals surface area contributed by atoms with Crippen LogP contribution in [-0.4, -0.2) is 148 Å². The number of nitrogens with zero attached hydrogens (tertiary/aromatic N) is 3. The standard InChI is InChI=1S/C37H57N9O10/c1-18(2)27-34(53)41-24(17-47)32(51)40-23(16-22-10-7-13-38-22)31(50)39-20(5)30(49)42-28(19(3)4)35(54)44-29(21(6)48)37(56)46-15-9-12-26(46)36(55)45-14-8-11-25(45)33(52)43-27/h10,13,18-21,23-29,47-48H,7-9,11-12,14-17H2,1-6H3,(H,39,50)(H,40,51)(H,41,53)(H,42,49)(H,43,52)(H,44,54)/t20-,21?,23-,24-,25-,26-,27-,28-,29-/m0/s1. The minimum atomic E-state index is -1.55. The molecule has 1 unspecified atom stereocenters. The molecule has 19 nitrogen and oxygen atoms in total. The Hall–Kier alpha value is -4.91. The first kappa shape index (κ1) is 43.8. The quantitative estimate of drug-likeness (QED) is 0.139. The lowest BCUT2D eigenvalue weighted by Crippen LogP contribution is -2.63. The fraction of sp³-hybridized carbons (Fsp3) is 0.703. The number of fused-ring (bicyclic) bond motifs is 2. The highest BCUT2D eigenvalue weighted by Gasteiger charge is 2.45. The highest BCUT2D eigenvalue weighted by atomic mass is 16.3. The summed E-state index contributed by atoms with van der Waals surface area (Å²) in [5.74, 6) is -6.90. The van der Waals surface area contributed by atoms with Crippen LogP contribution in [0.25, 0.3) is 0 Å². The van der Waals surface area contributed by atoms with E-state index < -0.39 is 120 Å². The Kier molecular flexibility index (Phi) is 15.1. The van der Waals surface area contributed by atoms with Crippen LogP contribution in [0.15, 0.2) is 16.8 Å². The fourth-order valence-corrected chi connectivity index (χ4v) is 7.26. The van der Waals surface area contributed by atoms with E-state index >= 15 is 0 Å². The molecular formula is C37H57N9O10. The maximum Gasteiger partial charge on any atom is 0.248 e. The van der Waals surface area contributed by atoms with Gasteiger partial charge in [0.15, 0.2) is 0 Å². The first-order valence-electron chi connectivity index (χ1n) is 19.4. The largest absolute Gasteiger partial charge is 0.394 e. The van der Waals surface area contributed by atoms with Crippen LogP contribution >= 0.6 is 0 Å². The second kappa shape index (κ2) is 19.3. The molecule has 0 radical (unpaired) electrons. The van der Waals surface area contributed by atoms with Crippen molar-refractivity contribution in [1.29, 1.82) is 0 Å². The van der Waals surface area contributed by atoms with E-state index in [1.807, 2.05) is 0 Å². The molecule has 4 aliphatic heterocycles. The van der Waals surface area contributed by atoms with Crippen molar-refractivity contribution in [3.8, 4) is 0 Å². The number of carbonyl (C=O) groups is 8. The van der Waals surface area contributed by atoms with Crippen molar-refractivity contribution in [3.63, 3.8) is 0 Å². The molecule has 4 rings (SSSR count). The summed E-state index contributed by atoms with van der Waals surface area (Å²) in [6.45, 7) is 8.83. The number of hydrogen-bond acceptors (Lipinski definition) is 11. The van der Waals surface area contributed by atoms with E-state index in [2.05, 4.69) is 36.9 Å². The molecule has 4 aliphatic rings. The zero-order valence-corrected chi connectivity index (χ0v) is 32.9. The third-order valence-corrected chi connectivity index (χ3v) is 10.5. The summed E-state index contributed by atoms with van der Waals surface area (Å²) in [5.41, 5.74) is 0.473. The zero-order valence-electron chi connectivity index (χ0n) is 32.9. The van der Waals surface area contributed by atoms with E-state index in [-0.39, 0.29) is 32.4 Å². The Morgan fingerprint density at radius 3 is 1.73 bits per heavy atom. The van der Waals surface area contributed by atoms with E-state index in [0.29, 0.717) is 25.0 Å². The van der Waals surface area contributed by atoms with Gasteiger partial charge < -0.3 is 51.9 Å². The van der Waals surface area contributed by atoms with Gasteiger partial charge in [-0.25, -0.2) is 0 Å². The number of amides is 8. The topological polar surface area (TPSA) is 268 Å². The predicted molar refractivity (Wildman–Crippen MR) is 201 cm³/mol. The highest BCUT2D eigenvalue weighted by Crippen LogP contribution is 2.26. The summed E-state index contributed by atoms with van der Waals surface area (Å²) in [7, 11) is 0. The van der Waals surface area contributed by atoms with Crippen molar-refractivity contribution in [2.45, 2.75) is 135 Å². The lowest BCUT2D eigenvalue weighted by Gasteiger charge is -2.34. The summed E-state index contributed by atoms with van der Waals surface area (Å²) in [6, 6.07) is -9.98. The summed E-state index contributed by atoms with van der Waals surface area (Å²) < 4.78 is 0. The van der Waals surface area contributed by atoms with Crippen molar-refractivity contribution < 1.29 is 48.6 Å². The van der Waals surface area contributed by atoms with Gasteiger partial charge in [0.2, 0.25) is 47.3 Å². The van der Waals surface area contributed by atoms with Crippen molar-refractivity contribution in [1.82, 2.24) is 41.7 Å². The molecule has 8 amide bonds. The number of rotatable bonds is 6. The van der Waals surface area contributed by atoms with Crippen LogP contribution < -0.4 is 31.9 Å². The summed E-state index contributed by atoms with van der Waals surface area (Å²) >= 11 is 0. The number of aliphatic imine (C=N–C) groups is 1. The number of aliphatic hydroxyl groups excluding tert-OH is 2. The molecule has 8 N–H and O–H groups in total. The molecule has 0 bridgehead atoms. The van der Waals surface area contributed by atoms with Crippen molar-refractivity contribution in [2.75, 3.05) is 19.7 Å². The Bertz CT molecular complexity index is 1600. The Labute approximate surface area is 326 Å². The Morgan fingerprint density at radius 2 is 1.18 bits per heavy atom. The van der Waals surface area contributed by atoms with E-state index in [9.17, 15) is 48.6 Å². The highest BCUT2D eigenvalue weighted by molar-refractivity contribution is 5.99. The van der Waals surface area contributed by atoms with Gasteiger partial charge in [0, 0.05) is 37.8 Å². The number of hydrogen-bond donors (Lipinski definition) is 8. The van der Waals surface area contributed by atoms with E-state index in [1.165, 1.54) is 23.6 Å². The van der Waals surface area contributed by atoms with Crippen LogP contribution in [0.4, 0.5) is 0 Å². The lowest BCUT2D eigenvalue weighted by molar-refractivity contribution is -0.149. The molecular weight excluding hydrogens is 730 g/mol. The summed E-state index contributed by atoms with van der Waals surface area (Å²) in [5, 5.41) is 36.3. The molecule has 3 saturated heterocycles. The van der Waals surface area contributed by atoms with Gasteiger partial charge in [-0.05, 0) is 51.4 Å². The third kappa shape index (κ3) is 10.5. The molecule has 0 aliphatic carbocycles. The Balaban J connectivity index is 1.70. The van der Waals surface area contributed by atoms with Crippen molar-refractivity contribution >= 4 is 53.5 Å². The molecule has 56 heavy (non-hydrogen) atoms. The molecule has 3 fully saturated rings. The molecule has 0 aromatic heterocycles. The predicted octanol–water partition coefficient (Wildman–Crippen LogP) is -2.66. The van der Waals surface area contributed by atoms with Crippen LogP contribution in [0.3, 0.4) is 0 Å². The first-order valence-corrected chi connectivity index (χ1v) is 19.4. The average Bonchev–Trinajstić information content (AvgIpc) is 3.95. The van der Waals surface area contributed by atoms with Gasteiger partial charge in [0.25, 0.3) is 0 Å². The second-order valence-electron chi connectivity index (χ2n) is 15.5. The molecule has 0 saturated carbocycles. The van der Waals surface area contributed by atoms with Crippen molar-refractivity contribution in [2.24, 2.45) is 16.8 Å². The SMILES string of the molecule is CC(C)[C@@H]1NC(=O)[C@H](C)NC(=O)[C@H](CC2=CCC=N2)NC(=O)[C@H](CO)NC(=O)[C@H](C(C)C)NC(=O)[C@@H]2CCCN2C(=O)[C@@H]2CCCN2C(=O)[C@H](C(C)O)NC1=O. The normalized spacial score (nSPS) is 31.1. The van der Waals surface area contributed by atoms with Gasteiger partial charge in [-0.1, -0.05) is 33.8 Å². The van der Waals surface area contributed by atoms with Crippen LogP contribution in [0.1, 0.15) is 80.1 Å². The van der Waals surface area contributed by atoms with Crippen LogP contribution in [0.2, 0.25) is 0 Å². The zero-order chi connectivity index (χ0) is 41.4. The number of carbonyl (C=O) groups excluding carboxylic acids is 8. The smallest absolute Gasteiger partial charge is 0.248 e. The minimum absolute atomic E-state index is 0.0978. The summed E-state index contributed by atoms with van der Waals surface area (Å²) in [6.07, 6.45) is 3.83. The minimum Gasteiger partial charge on any atom is -0.394 e. The maximum atomic E-state index is 14.1. The molecule has 19 heteroatoms. The summed E-state index contributed by atoms with van der Waals surface area (Å²) in [4.78, 5) is 117. The van der Waals surface area contributed by atoms with Gasteiger partial charge in [0.1, 0.15) is 48.3 Å². The average molecular weight is 788 g/mol. The Morgan fingerprint density at radius 1 is 0.661 bits per heavy atom. The van der Waals surface area contributed by atoms with Crippen LogP contribution in [-0.2, 0) is 38.4 Å².